The van der Waals surface area contributed by atoms with E-state index in [0.29, 0.717) is 6.54 Å². The van der Waals surface area contributed by atoms with Gasteiger partial charge in [-0.15, -0.1) is 0 Å². The van der Waals surface area contributed by atoms with Crippen LogP contribution in [0, 0.1) is 0 Å². The minimum atomic E-state index is -4.71. The zero-order valence-electron chi connectivity index (χ0n) is 10.4. The molecule has 19 heavy (non-hydrogen) atoms. The summed E-state index contributed by atoms with van der Waals surface area (Å²) in [5, 5.41) is 11.5. The number of alkyl halides is 3. The summed E-state index contributed by atoms with van der Waals surface area (Å²) >= 11 is 0. The molecule has 0 aliphatic rings. The molecule has 0 aliphatic carbocycles. The van der Waals surface area contributed by atoms with Crippen molar-refractivity contribution in [3.05, 3.63) is 29.3 Å². The molecule has 0 heterocycles. The number of anilines is 1. The van der Waals surface area contributed by atoms with E-state index in [-0.39, 0.29) is 11.8 Å². The largest absolute Gasteiger partial charge is 0.478 e. The van der Waals surface area contributed by atoms with Gasteiger partial charge in [0.15, 0.2) is 0 Å². The number of carboxylic acids is 1. The minimum Gasteiger partial charge on any atom is -0.478 e. The number of methoxy groups -OCH3 is 1. The third-order valence-corrected chi connectivity index (χ3v) is 2.55. The second-order valence-electron chi connectivity index (χ2n) is 3.99. The highest BCUT2D eigenvalue weighted by atomic mass is 19.4. The molecule has 0 spiro atoms. The van der Waals surface area contributed by atoms with Crippen LogP contribution in [-0.2, 0) is 10.9 Å². The number of benzene rings is 1. The van der Waals surface area contributed by atoms with E-state index in [2.05, 4.69) is 5.32 Å². The Hall–Kier alpha value is -1.76. The molecule has 7 heteroatoms. The molecule has 1 aromatic carbocycles. The highest BCUT2D eigenvalue weighted by Gasteiger charge is 2.35. The Morgan fingerprint density at radius 3 is 2.58 bits per heavy atom. The van der Waals surface area contributed by atoms with Gasteiger partial charge in [0.05, 0.1) is 17.2 Å². The number of hydrogen-bond donors (Lipinski definition) is 2. The molecule has 0 fully saturated rings. The highest BCUT2D eigenvalue weighted by molar-refractivity contribution is 5.90. The Balaban J connectivity index is 3.02. The van der Waals surface area contributed by atoms with Gasteiger partial charge in [-0.2, -0.15) is 13.2 Å². The van der Waals surface area contributed by atoms with E-state index in [4.69, 9.17) is 9.84 Å². The number of halogens is 3. The van der Waals surface area contributed by atoms with E-state index in [1.807, 2.05) is 0 Å². The normalized spacial score (nSPS) is 13.1. The molecule has 0 aromatic heterocycles. The molecule has 0 aliphatic heterocycles. The Labute approximate surface area is 108 Å². The molecule has 4 nitrogen and oxygen atoms in total. The van der Waals surface area contributed by atoms with Crippen LogP contribution in [0.15, 0.2) is 18.2 Å². The van der Waals surface area contributed by atoms with Gasteiger partial charge in [-0.3, -0.25) is 0 Å². The first kappa shape index (κ1) is 15.3. The van der Waals surface area contributed by atoms with Crippen LogP contribution >= 0.6 is 0 Å². The standard InChI is InChI=1S/C12H14F3NO3/c1-7(19-2)6-16-8-3-4-9(11(17)18)10(5-8)12(13,14)15/h3-5,7,16H,6H2,1-2H3,(H,17,18). The predicted molar refractivity (Wildman–Crippen MR) is 63.4 cm³/mol. The van der Waals surface area contributed by atoms with Crippen molar-refractivity contribution in [1.82, 2.24) is 0 Å². The molecule has 1 aromatic rings. The van der Waals surface area contributed by atoms with Crippen molar-refractivity contribution in [3.8, 4) is 0 Å². The third-order valence-electron chi connectivity index (χ3n) is 2.55. The Morgan fingerprint density at radius 1 is 1.47 bits per heavy atom. The van der Waals surface area contributed by atoms with Crippen LogP contribution in [0.4, 0.5) is 18.9 Å². The van der Waals surface area contributed by atoms with Crippen molar-refractivity contribution in [2.45, 2.75) is 19.2 Å². The topological polar surface area (TPSA) is 58.6 Å². The molecule has 0 radical (unpaired) electrons. The zero-order valence-corrected chi connectivity index (χ0v) is 10.4. The van der Waals surface area contributed by atoms with Gasteiger partial charge in [-0.05, 0) is 25.1 Å². The van der Waals surface area contributed by atoms with Crippen LogP contribution in [0.25, 0.3) is 0 Å². The lowest BCUT2D eigenvalue weighted by Gasteiger charge is -2.15. The summed E-state index contributed by atoms with van der Waals surface area (Å²) in [6, 6.07) is 3.01. The van der Waals surface area contributed by atoms with Gasteiger partial charge in [-0.25, -0.2) is 4.79 Å². The van der Waals surface area contributed by atoms with Crippen LogP contribution in [0.5, 0.6) is 0 Å². The lowest BCUT2D eigenvalue weighted by atomic mass is 10.1. The first-order valence-corrected chi connectivity index (χ1v) is 5.47. The quantitative estimate of drug-likeness (QED) is 0.869. The van der Waals surface area contributed by atoms with Gasteiger partial charge in [0.1, 0.15) is 0 Å². The Morgan fingerprint density at radius 2 is 2.11 bits per heavy atom. The van der Waals surface area contributed by atoms with Gasteiger partial charge < -0.3 is 15.2 Å². The van der Waals surface area contributed by atoms with E-state index in [9.17, 15) is 18.0 Å². The summed E-state index contributed by atoms with van der Waals surface area (Å²) < 4.78 is 43.2. The van der Waals surface area contributed by atoms with E-state index >= 15 is 0 Å². The second-order valence-corrected chi connectivity index (χ2v) is 3.99. The summed E-state index contributed by atoms with van der Waals surface area (Å²) in [6.07, 6.45) is -4.88. The van der Waals surface area contributed by atoms with Gasteiger partial charge >= 0.3 is 12.1 Å². The van der Waals surface area contributed by atoms with Crippen LogP contribution in [0.2, 0.25) is 0 Å². The van der Waals surface area contributed by atoms with Crippen LogP contribution < -0.4 is 5.32 Å². The molecule has 0 saturated carbocycles. The maximum absolute atomic E-state index is 12.7. The van der Waals surface area contributed by atoms with E-state index in [0.717, 1.165) is 12.1 Å². The first-order valence-electron chi connectivity index (χ1n) is 5.47. The Kier molecular flexibility index (Phi) is 4.77. The van der Waals surface area contributed by atoms with Crippen molar-refractivity contribution in [2.24, 2.45) is 0 Å². The molecule has 0 bridgehead atoms. The number of aromatic carboxylic acids is 1. The molecule has 0 amide bonds. The van der Waals surface area contributed by atoms with Crippen molar-refractivity contribution >= 4 is 11.7 Å². The fourth-order valence-electron chi connectivity index (χ4n) is 1.42. The molecule has 106 valence electrons. The van der Waals surface area contributed by atoms with Crippen LogP contribution in [-0.4, -0.2) is 30.8 Å². The van der Waals surface area contributed by atoms with E-state index in [1.165, 1.54) is 13.2 Å². The van der Waals surface area contributed by atoms with Crippen molar-refractivity contribution in [1.29, 1.82) is 0 Å². The number of rotatable bonds is 5. The summed E-state index contributed by atoms with van der Waals surface area (Å²) in [4.78, 5) is 10.8. The van der Waals surface area contributed by atoms with Gasteiger partial charge in [0.2, 0.25) is 0 Å². The van der Waals surface area contributed by atoms with Crippen molar-refractivity contribution < 1.29 is 27.8 Å². The second kappa shape index (κ2) is 5.92. The molecule has 2 N–H and O–H groups in total. The van der Waals surface area contributed by atoms with Crippen molar-refractivity contribution in [3.63, 3.8) is 0 Å². The summed E-state index contributed by atoms with van der Waals surface area (Å²) in [7, 11) is 1.49. The van der Waals surface area contributed by atoms with Crippen molar-refractivity contribution in [2.75, 3.05) is 19.0 Å². The SMILES string of the molecule is COC(C)CNc1ccc(C(=O)O)c(C(F)(F)F)c1. The predicted octanol–water partition coefficient (Wildman–Crippen LogP) is 2.85. The molecule has 0 saturated heterocycles. The van der Waals surface area contributed by atoms with Gasteiger partial charge in [0.25, 0.3) is 0 Å². The van der Waals surface area contributed by atoms with E-state index < -0.39 is 23.3 Å². The summed E-state index contributed by atoms with van der Waals surface area (Å²) in [5.41, 5.74) is -1.74. The minimum absolute atomic E-state index is 0.173. The van der Waals surface area contributed by atoms with Crippen LogP contribution in [0.1, 0.15) is 22.8 Å². The maximum atomic E-state index is 12.7. The molecule has 1 unspecified atom stereocenters. The summed E-state index contributed by atoms with van der Waals surface area (Å²) in [5.74, 6) is -1.61. The zero-order chi connectivity index (χ0) is 14.6. The lowest BCUT2D eigenvalue weighted by Crippen LogP contribution is -2.19. The fourth-order valence-corrected chi connectivity index (χ4v) is 1.42. The third kappa shape index (κ3) is 4.13. The lowest BCUT2D eigenvalue weighted by molar-refractivity contribution is -0.138. The number of hydrogen-bond acceptors (Lipinski definition) is 3. The Bertz CT molecular complexity index is 460. The maximum Gasteiger partial charge on any atom is 0.417 e. The average molecular weight is 277 g/mol. The van der Waals surface area contributed by atoms with Gasteiger partial charge in [0, 0.05) is 19.3 Å². The van der Waals surface area contributed by atoms with Gasteiger partial charge in [-0.1, -0.05) is 0 Å². The highest BCUT2D eigenvalue weighted by Crippen LogP contribution is 2.33. The molecular formula is C12H14F3NO3. The number of ether oxygens (including phenoxy) is 1. The fraction of sp³-hybridized carbons (Fsp3) is 0.417. The average Bonchev–Trinajstić information content (AvgIpc) is 2.34. The molecule has 1 atom stereocenters. The molecule has 1 rings (SSSR count). The number of carboxylic acid groups (broad SMARTS) is 1. The number of carbonyl (C=O) groups is 1. The number of nitrogens with one attached hydrogen (secondary N) is 1. The molecular weight excluding hydrogens is 263 g/mol. The van der Waals surface area contributed by atoms with Crippen LogP contribution in [0.3, 0.4) is 0 Å². The first-order chi connectivity index (χ1) is 8.75. The van der Waals surface area contributed by atoms with E-state index in [1.54, 1.807) is 6.92 Å². The summed E-state index contributed by atoms with van der Waals surface area (Å²) in [6.45, 7) is 2.07. The monoisotopic (exact) mass is 277 g/mol. The smallest absolute Gasteiger partial charge is 0.417 e.